The molecular formula is C26H60O6Si3. The van der Waals surface area contributed by atoms with Gasteiger partial charge in [-0.2, -0.15) is 0 Å². The van der Waals surface area contributed by atoms with Crippen molar-refractivity contribution in [2.24, 2.45) is 5.41 Å². The van der Waals surface area contributed by atoms with Crippen molar-refractivity contribution in [2.45, 2.75) is 122 Å². The van der Waals surface area contributed by atoms with Crippen molar-refractivity contribution < 1.29 is 26.6 Å². The van der Waals surface area contributed by atoms with E-state index >= 15 is 0 Å². The summed E-state index contributed by atoms with van der Waals surface area (Å²) in [6.45, 7) is 9.03. The Labute approximate surface area is 221 Å². The third kappa shape index (κ3) is 15.4. The Morgan fingerprint density at radius 1 is 0.400 bits per heavy atom. The molecule has 0 bridgehead atoms. The molecule has 212 valence electrons. The Morgan fingerprint density at radius 3 is 0.829 bits per heavy atom. The van der Waals surface area contributed by atoms with Gasteiger partial charge in [-0.05, 0) is 62.5 Å². The summed E-state index contributed by atoms with van der Waals surface area (Å²) in [6, 6.07) is 3.25. The zero-order valence-corrected chi connectivity index (χ0v) is 28.1. The van der Waals surface area contributed by atoms with Gasteiger partial charge in [-0.25, -0.2) is 0 Å². The van der Waals surface area contributed by atoms with Crippen LogP contribution in [0.2, 0.25) is 37.8 Å². The first-order valence-electron chi connectivity index (χ1n) is 13.8. The van der Waals surface area contributed by atoms with Crippen molar-refractivity contribution in [2.75, 3.05) is 42.7 Å². The van der Waals surface area contributed by atoms with Crippen LogP contribution in [0.25, 0.3) is 0 Å². The highest BCUT2D eigenvalue weighted by molar-refractivity contribution is 6.66. The molecule has 0 aromatic heterocycles. The fourth-order valence-corrected chi connectivity index (χ4v) is 9.16. The van der Waals surface area contributed by atoms with Crippen LogP contribution >= 0.6 is 0 Å². The van der Waals surface area contributed by atoms with Gasteiger partial charge in [0.1, 0.15) is 0 Å². The molecule has 0 saturated heterocycles. The molecule has 0 atom stereocenters. The highest BCUT2D eigenvalue weighted by atomic mass is 28.4. The van der Waals surface area contributed by atoms with E-state index in [4.69, 9.17) is 26.6 Å². The maximum Gasteiger partial charge on any atom is 0.334 e. The molecule has 0 spiro atoms. The zero-order chi connectivity index (χ0) is 26.8. The van der Waals surface area contributed by atoms with Crippen molar-refractivity contribution in [1.82, 2.24) is 0 Å². The lowest BCUT2D eigenvalue weighted by molar-refractivity contribution is 0.220. The lowest BCUT2D eigenvalue weighted by Gasteiger charge is -2.31. The summed E-state index contributed by atoms with van der Waals surface area (Å²) in [5.41, 5.74) is 0.426. The summed E-state index contributed by atoms with van der Waals surface area (Å²) in [4.78, 5) is 0. The fourth-order valence-electron chi connectivity index (χ4n) is 4.76. The van der Waals surface area contributed by atoms with Crippen LogP contribution in [0.3, 0.4) is 0 Å². The second kappa shape index (κ2) is 18.6. The van der Waals surface area contributed by atoms with Gasteiger partial charge in [0.05, 0.1) is 0 Å². The van der Waals surface area contributed by atoms with Crippen molar-refractivity contribution in [1.29, 1.82) is 0 Å². The number of hydrogen-bond acceptors (Lipinski definition) is 6. The average molecular weight is 553 g/mol. The van der Waals surface area contributed by atoms with E-state index in [1.807, 2.05) is 0 Å². The lowest BCUT2D eigenvalue weighted by Crippen LogP contribution is -2.35. The molecule has 0 rings (SSSR count). The number of hydrogen-bond donors (Lipinski definition) is 0. The molecule has 6 nitrogen and oxygen atoms in total. The molecule has 0 heterocycles. The molecule has 0 aliphatic rings. The van der Waals surface area contributed by atoms with Gasteiger partial charge in [0.25, 0.3) is 0 Å². The molecule has 0 radical (unpaired) electrons. The van der Waals surface area contributed by atoms with Gasteiger partial charge < -0.3 is 26.6 Å². The van der Waals surface area contributed by atoms with Crippen molar-refractivity contribution in [3.05, 3.63) is 0 Å². The van der Waals surface area contributed by atoms with Gasteiger partial charge in [-0.15, -0.1) is 0 Å². The minimum atomic E-state index is -1.93. The van der Waals surface area contributed by atoms with E-state index in [9.17, 15) is 0 Å². The smallest absolute Gasteiger partial charge is 0.334 e. The number of rotatable bonds is 24. The highest BCUT2D eigenvalue weighted by Gasteiger charge is 2.30. The highest BCUT2D eigenvalue weighted by Crippen LogP contribution is 2.37. The van der Waals surface area contributed by atoms with E-state index in [0.29, 0.717) is 5.41 Å². The third-order valence-electron chi connectivity index (χ3n) is 8.32. The van der Waals surface area contributed by atoms with E-state index in [2.05, 4.69) is 26.6 Å². The molecule has 0 saturated carbocycles. The van der Waals surface area contributed by atoms with Gasteiger partial charge >= 0.3 is 25.7 Å². The topological polar surface area (TPSA) is 55.4 Å². The number of unbranched alkanes of at least 4 members (excludes halogenated alkanes) is 6. The Balaban J connectivity index is 4.62. The van der Waals surface area contributed by atoms with Crippen molar-refractivity contribution in [3.63, 3.8) is 0 Å². The first-order valence-corrected chi connectivity index (χ1v) is 21.4. The summed E-state index contributed by atoms with van der Waals surface area (Å²) < 4.78 is 33.9. The zero-order valence-electron chi connectivity index (χ0n) is 25.1. The van der Waals surface area contributed by atoms with Crippen LogP contribution in [0.15, 0.2) is 0 Å². The second-order valence-electron chi connectivity index (χ2n) is 11.1. The van der Waals surface area contributed by atoms with E-state index in [-0.39, 0.29) is 0 Å². The summed E-state index contributed by atoms with van der Waals surface area (Å²) in [5, 5.41) is 0. The second-order valence-corrected chi connectivity index (χ2v) is 21.9. The van der Waals surface area contributed by atoms with Crippen LogP contribution in [0.4, 0.5) is 0 Å². The SMILES string of the molecule is CO[Si](C)(CCCCCC(C)(CCCCC[Si](C)(OC)OC)CCCCC[Si](C)(OC)OC)OC. The largest absolute Gasteiger partial charge is 0.398 e. The van der Waals surface area contributed by atoms with Gasteiger partial charge in [0.15, 0.2) is 0 Å². The fraction of sp³-hybridized carbons (Fsp3) is 1.00. The summed E-state index contributed by atoms with van der Waals surface area (Å²) in [7, 11) is 4.96. The molecule has 0 aromatic carbocycles. The third-order valence-corrected chi connectivity index (χ3v) is 17.3. The summed E-state index contributed by atoms with van der Waals surface area (Å²) >= 11 is 0. The van der Waals surface area contributed by atoms with Crippen LogP contribution in [0.1, 0.15) is 84.0 Å². The van der Waals surface area contributed by atoms with Gasteiger partial charge in [-0.1, -0.05) is 64.7 Å². The molecule has 0 aromatic rings. The molecule has 35 heavy (non-hydrogen) atoms. The lowest BCUT2D eigenvalue weighted by atomic mass is 9.76. The van der Waals surface area contributed by atoms with E-state index < -0.39 is 25.7 Å². The predicted molar refractivity (Wildman–Crippen MR) is 155 cm³/mol. The molecule has 0 amide bonds. The Hall–Kier alpha value is 0.411. The van der Waals surface area contributed by atoms with Crippen LogP contribution in [-0.4, -0.2) is 68.3 Å². The van der Waals surface area contributed by atoms with Crippen LogP contribution in [0, 0.1) is 5.41 Å². The van der Waals surface area contributed by atoms with Crippen molar-refractivity contribution in [3.8, 4) is 0 Å². The quantitative estimate of drug-likeness (QED) is 0.0900. The standard InChI is InChI=1S/C26H60O6Si3/c1-26(20-14-11-17-23-33(8,27-2)28-3,21-15-12-18-24-34(9,29-4)30-5)22-16-13-19-25-35(10,31-6)32-7/h11-25H2,1-10H3. The summed E-state index contributed by atoms with van der Waals surface area (Å²) in [5.74, 6) is 0. The van der Waals surface area contributed by atoms with Crippen molar-refractivity contribution >= 4 is 25.7 Å². The van der Waals surface area contributed by atoms with Crippen LogP contribution in [0.5, 0.6) is 0 Å². The Morgan fingerprint density at radius 2 is 0.629 bits per heavy atom. The monoisotopic (exact) mass is 552 g/mol. The molecule has 0 aliphatic carbocycles. The van der Waals surface area contributed by atoms with E-state index in [0.717, 1.165) is 18.1 Å². The molecule has 0 unspecified atom stereocenters. The predicted octanol–water partition coefficient (Wildman–Crippen LogP) is 7.77. The van der Waals surface area contributed by atoms with Gasteiger partial charge in [-0.3, -0.25) is 0 Å². The van der Waals surface area contributed by atoms with Gasteiger partial charge in [0, 0.05) is 42.7 Å². The normalized spacial score (nSPS) is 13.5. The first-order chi connectivity index (χ1) is 16.5. The van der Waals surface area contributed by atoms with Crippen LogP contribution in [-0.2, 0) is 26.6 Å². The maximum absolute atomic E-state index is 5.65. The van der Waals surface area contributed by atoms with Crippen LogP contribution < -0.4 is 0 Å². The molecule has 0 aliphatic heterocycles. The minimum absolute atomic E-state index is 0.426. The molecular weight excluding hydrogens is 493 g/mol. The van der Waals surface area contributed by atoms with E-state index in [1.54, 1.807) is 42.7 Å². The Kier molecular flexibility index (Phi) is 18.8. The Bertz CT molecular complexity index is 442. The molecule has 0 N–H and O–H groups in total. The average Bonchev–Trinajstić information content (AvgIpc) is 2.87. The minimum Gasteiger partial charge on any atom is -0.398 e. The van der Waals surface area contributed by atoms with Gasteiger partial charge in [0.2, 0.25) is 0 Å². The molecule has 9 heteroatoms. The van der Waals surface area contributed by atoms with E-state index in [1.165, 1.54) is 77.0 Å². The first kappa shape index (κ1) is 35.4. The maximum atomic E-state index is 5.65. The summed E-state index contributed by atoms with van der Waals surface area (Å²) in [6.07, 6.45) is 15.2. The molecule has 0 fully saturated rings.